The number of piperazine rings is 1. The second-order valence-corrected chi connectivity index (χ2v) is 8.88. The van der Waals surface area contributed by atoms with Crippen LogP contribution >= 0.6 is 23.1 Å². The predicted molar refractivity (Wildman–Crippen MR) is 120 cm³/mol. The Kier molecular flexibility index (Phi) is 6.60. The Labute approximate surface area is 183 Å². The van der Waals surface area contributed by atoms with Crippen molar-refractivity contribution in [3.05, 3.63) is 66.2 Å². The molecule has 1 aromatic heterocycles. The van der Waals surface area contributed by atoms with Crippen molar-refractivity contribution in [1.29, 1.82) is 0 Å². The van der Waals surface area contributed by atoms with Gasteiger partial charge in [-0.05, 0) is 24.3 Å². The number of benzene rings is 2. The van der Waals surface area contributed by atoms with Crippen LogP contribution in [0, 0.1) is 0 Å². The van der Waals surface area contributed by atoms with E-state index in [1.807, 2.05) is 65.6 Å². The lowest BCUT2D eigenvalue weighted by Crippen LogP contribution is -2.48. The van der Waals surface area contributed by atoms with Gasteiger partial charge >= 0.3 is 0 Å². The monoisotopic (exact) mass is 439 g/mol. The molecule has 0 saturated carbocycles. The van der Waals surface area contributed by atoms with Crippen LogP contribution in [-0.4, -0.2) is 58.8 Å². The van der Waals surface area contributed by atoms with Crippen molar-refractivity contribution in [3.8, 4) is 0 Å². The molecule has 1 aliphatic heterocycles. The highest BCUT2D eigenvalue weighted by atomic mass is 32.2. The molecule has 30 heavy (non-hydrogen) atoms. The van der Waals surface area contributed by atoms with Crippen LogP contribution < -0.4 is 10.2 Å². The van der Waals surface area contributed by atoms with Gasteiger partial charge in [0.2, 0.25) is 11.0 Å². The quantitative estimate of drug-likeness (QED) is 0.594. The Balaban J connectivity index is 1.25. The molecule has 0 unspecified atom stereocenters. The molecule has 2 heterocycles. The van der Waals surface area contributed by atoms with Crippen LogP contribution in [0.15, 0.2) is 65.0 Å². The average Bonchev–Trinajstić information content (AvgIpc) is 3.28. The second-order valence-electron chi connectivity index (χ2n) is 6.70. The summed E-state index contributed by atoms with van der Waals surface area (Å²) in [7, 11) is 0. The van der Waals surface area contributed by atoms with Gasteiger partial charge < -0.3 is 15.1 Å². The minimum Gasteiger partial charge on any atom is -0.343 e. The van der Waals surface area contributed by atoms with Gasteiger partial charge in [-0.15, -0.1) is 10.2 Å². The first-order valence-corrected chi connectivity index (χ1v) is 11.4. The number of hydrogen-bond donors (Lipinski definition) is 1. The Hall–Kier alpha value is -2.91. The van der Waals surface area contributed by atoms with E-state index >= 15 is 0 Å². The third-order valence-electron chi connectivity index (χ3n) is 4.64. The number of amides is 2. The van der Waals surface area contributed by atoms with Crippen LogP contribution in [0.3, 0.4) is 0 Å². The Bertz CT molecular complexity index is 989. The van der Waals surface area contributed by atoms with Crippen molar-refractivity contribution in [3.63, 3.8) is 0 Å². The zero-order chi connectivity index (χ0) is 20.8. The van der Waals surface area contributed by atoms with E-state index in [0.29, 0.717) is 31.7 Å². The van der Waals surface area contributed by atoms with E-state index in [2.05, 4.69) is 20.4 Å². The Morgan fingerprint density at radius 3 is 2.30 bits per heavy atom. The van der Waals surface area contributed by atoms with Crippen molar-refractivity contribution < 1.29 is 9.59 Å². The number of nitrogens with one attached hydrogen (secondary N) is 1. The molecular weight excluding hydrogens is 418 g/mol. The normalized spacial score (nSPS) is 13.9. The maximum Gasteiger partial charge on any atom is 0.253 e. The summed E-state index contributed by atoms with van der Waals surface area (Å²) in [6, 6.07) is 18.7. The highest BCUT2D eigenvalue weighted by molar-refractivity contribution is 8.01. The molecule has 154 valence electrons. The van der Waals surface area contributed by atoms with E-state index in [9.17, 15) is 9.59 Å². The first-order valence-electron chi connectivity index (χ1n) is 9.59. The number of anilines is 2. The van der Waals surface area contributed by atoms with Crippen LogP contribution in [0.2, 0.25) is 0 Å². The fourth-order valence-corrected chi connectivity index (χ4v) is 4.79. The number of carbonyl (C=O) groups excluding carboxylic acids is 2. The van der Waals surface area contributed by atoms with Crippen LogP contribution in [0.5, 0.6) is 0 Å². The average molecular weight is 440 g/mol. The summed E-state index contributed by atoms with van der Waals surface area (Å²) in [4.78, 5) is 28.7. The number of thioether (sulfide) groups is 1. The summed E-state index contributed by atoms with van der Waals surface area (Å²) in [5.41, 5.74) is 1.50. The van der Waals surface area contributed by atoms with Gasteiger partial charge in [0.05, 0.1) is 5.75 Å². The lowest BCUT2D eigenvalue weighted by atomic mass is 10.2. The van der Waals surface area contributed by atoms with Crippen molar-refractivity contribution in [1.82, 2.24) is 15.1 Å². The lowest BCUT2D eigenvalue weighted by Gasteiger charge is -2.34. The number of rotatable bonds is 6. The predicted octanol–water partition coefficient (Wildman–Crippen LogP) is 3.23. The molecule has 9 heteroatoms. The minimum atomic E-state index is -0.0732. The number of carbonyl (C=O) groups is 2. The number of aromatic nitrogens is 2. The molecule has 2 aromatic carbocycles. The molecule has 1 aliphatic rings. The lowest BCUT2D eigenvalue weighted by molar-refractivity contribution is -0.113. The Morgan fingerprint density at radius 1 is 0.933 bits per heavy atom. The van der Waals surface area contributed by atoms with Crippen molar-refractivity contribution in [2.75, 3.05) is 42.1 Å². The zero-order valence-electron chi connectivity index (χ0n) is 16.2. The SMILES string of the molecule is O=C(CSc1nnc(N2CCN(C(=O)c3ccccc3)CC2)s1)Nc1ccccc1. The zero-order valence-corrected chi connectivity index (χ0v) is 17.9. The summed E-state index contributed by atoms with van der Waals surface area (Å²) in [6.07, 6.45) is 0. The van der Waals surface area contributed by atoms with E-state index in [0.717, 1.165) is 15.2 Å². The second kappa shape index (κ2) is 9.73. The van der Waals surface area contributed by atoms with Gasteiger partial charge in [0, 0.05) is 37.4 Å². The number of nitrogens with zero attached hydrogens (tertiary/aromatic N) is 4. The molecule has 2 amide bonds. The van der Waals surface area contributed by atoms with Crippen molar-refractivity contribution in [2.45, 2.75) is 4.34 Å². The molecule has 0 spiro atoms. The number of para-hydroxylation sites is 1. The molecule has 1 saturated heterocycles. The summed E-state index contributed by atoms with van der Waals surface area (Å²) >= 11 is 2.85. The van der Waals surface area contributed by atoms with Crippen LogP contribution in [0.4, 0.5) is 10.8 Å². The minimum absolute atomic E-state index is 0.0631. The molecule has 3 aromatic rings. The highest BCUT2D eigenvalue weighted by Gasteiger charge is 2.24. The standard InChI is InChI=1S/C21H21N5O2S2/c27-18(22-17-9-5-2-6-10-17)15-29-21-24-23-20(30-21)26-13-11-25(12-14-26)19(28)16-7-3-1-4-8-16/h1-10H,11-15H2,(H,22,27). The highest BCUT2D eigenvalue weighted by Crippen LogP contribution is 2.28. The fourth-order valence-electron chi connectivity index (χ4n) is 3.10. The molecule has 4 rings (SSSR count). The van der Waals surface area contributed by atoms with Gasteiger partial charge in [0.15, 0.2) is 4.34 Å². The van der Waals surface area contributed by atoms with Gasteiger partial charge in [-0.25, -0.2) is 0 Å². The largest absolute Gasteiger partial charge is 0.343 e. The van der Waals surface area contributed by atoms with Crippen LogP contribution in [-0.2, 0) is 4.79 Å². The molecule has 7 nitrogen and oxygen atoms in total. The van der Waals surface area contributed by atoms with Crippen LogP contribution in [0.1, 0.15) is 10.4 Å². The Morgan fingerprint density at radius 2 is 1.60 bits per heavy atom. The van der Waals surface area contributed by atoms with E-state index in [-0.39, 0.29) is 17.6 Å². The van der Waals surface area contributed by atoms with Crippen LogP contribution in [0.25, 0.3) is 0 Å². The van der Waals surface area contributed by atoms with E-state index in [4.69, 9.17) is 0 Å². The third-order valence-corrected chi connectivity index (χ3v) is 6.76. The smallest absolute Gasteiger partial charge is 0.253 e. The van der Waals surface area contributed by atoms with E-state index in [1.54, 1.807) is 0 Å². The third kappa shape index (κ3) is 5.17. The first-order chi connectivity index (χ1) is 14.7. The maximum absolute atomic E-state index is 12.6. The maximum atomic E-state index is 12.6. The topological polar surface area (TPSA) is 78.4 Å². The van der Waals surface area contributed by atoms with Gasteiger partial charge in [-0.1, -0.05) is 59.5 Å². The molecule has 0 radical (unpaired) electrons. The summed E-state index contributed by atoms with van der Waals surface area (Å²) < 4.78 is 0.760. The molecule has 0 bridgehead atoms. The molecular formula is C21H21N5O2S2. The van der Waals surface area contributed by atoms with Crippen molar-refractivity contribution in [2.24, 2.45) is 0 Å². The van der Waals surface area contributed by atoms with Crippen molar-refractivity contribution >= 4 is 45.7 Å². The molecule has 1 N–H and O–H groups in total. The van der Waals surface area contributed by atoms with E-state index < -0.39 is 0 Å². The first kappa shape index (κ1) is 20.4. The van der Waals surface area contributed by atoms with Gasteiger partial charge in [0.1, 0.15) is 0 Å². The molecule has 0 atom stereocenters. The fraction of sp³-hybridized carbons (Fsp3) is 0.238. The summed E-state index contributed by atoms with van der Waals surface area (Å²) in [6.45, 7) is 2.73. The number of hydrogen-bond acceptors (Lipinski definition) is 7. The van der Waals surface area contributed by atoms with Gasteiger partial charge in [0.25, 0.3) is 5.91 Å². The van der Waals surface area contributed by atoms with Gasteiger partial charge in [-0.2, -0.15) is 0 Å². The molecule has 0 aliphatic carbocycles. The summed E-state index contributed by atoms with van der Waals surface area (Å²) in [5.74, 6) is 0.271. The summed E-state index contributed by atoms with van der Waals surface area (Å²) in [5, 5.41) is 12.2. The molecule has 1 fully saturated rings. The van der Waals surface area contributed by atoms with Gasteiger partial charge in [-0.3, -0.25) is 9.59 Å². The van der Waals surface area contributed by atoms with E-state index in [1.165, 1.54) is 23.1 Å².